The van der Waals surface area contributed by atoms with Gasteiger partial charge in [0.05, 0.1) is 30.5 Å². The zero-order chi connectivity index (χ0) is 23.7. The lowest BCUT2D eigenvalue weighted by atomic mass is 9.89. The standard InChI is InChI=1S/C28H24N2O4/c1-3-34-27(31)24-22-15-9-10-17-29(22)26(23(24)20-12-5-4-6-13-20)25-21-14-8-7-11-19(21)16-18-30(25)28(32)33-2/h4-18,25H,3H2,1-2H3/t25-/m1/s1. The molecule has 2 aromatic heterocycles. The molecular weight excluding hydrogens is 428 g/mol. The number of pyridine rings is 1. The van der Waals surface area contributed by atoms with Crippen LogP contribution in [0.5, 0.6) is 0 Å². The van der Waals surface area contributed by atoms with Crippen LogP contribution in [-0.4, -0.2) is 35.1 Å². The molecule has 4 aromatic rings. The molecule has 0 N–H and O–H groups in total. The van der Waals surface area contributed by atoms with E-state index in [2.05, 4.69) is 0 Å². The molecule has 0 unspecified atom stereocenters. The summed E-state index contributed by atoms with van der Waals surface area (Å²) in [6.45, 7) is 2.05. The van der Waals surface area contributed by atoms with Crippen molar-refractivity contribution in [1.29, 1.82) is 0 Å². The molecule has 6 heteroatoms. The lowest BCUT2D eigenvalue weighted by Gasteiger charge is -2.33. The fraction of sp³-hybridized carbons (Fsp3) is 0.143. The van der Waals surface area contributed by atoms with Crippen molar-refractivity contribution in [1.82, 2.24) is 9.30 Å². The first-order valence-electron chi connectivity index (χ1n) is 11.1. The third-order valence-corrected chi connectivity index (χ3v) is 6.05. The number of aromatic nitrogens is 1. The normalized spacial score (nSPS) is 14.6. The van der Waals surface area contributed by atoms with Crippen molar-refractivity contribution >= 4 is 23.7 Å². The molecule has 170 valence electrons. The summed E-state index contributed by atoms with van der Waals surface area (Å²) in [5, 5.41) is 0. The first-order valence-corrected chi connectivity index (χ1v) is 11.1. The van der Waals surface area contributed by atoms with Gasteiger partial charge in [0.25, 0.3) is 0 Å². The second kappa shape index (κ2) is 8.90. The molecule has 0 fully saturated rings. The zero-order valence-corrected chi connectivity index (χ0v) is 19.0. The molecule has 1 aliphatic heterocycles. The highest BCUT2D eigenvalue weighted by molar-refractivity contribution is 6.06. The number of carbonyl (C=O) groups is 2. The van der Waals surface area contributed by atoms with Crippen molar-refractivity contribution in [3.05, 3.63) is 108 Å². The van der Waals surface area contributed by atoms with Gasteiger partial charge in [-0.2, -0.15) is 0 Å². The topological polar surface area (TPSA) is 60.2 Å². The van der Waals surface area contributed by atoms with Gasteiger partial charge in [0, 0.05) is 18.0 Å². The van der Waals surface area contributed by atoms with Crippen LogP contribution < -0.4 is 0 Å². The van der Waals surface area contributed by atoms with E-state index in [0.29, 0.717) is 11.1 Å². The molecule has 1 atom stereocenters. The number of fused-ring (bicyclic) bond motifs is 2. The maximum Gasteiger partial charge on any atom is 0.414 e. The van der Waals surface area contributed by atoms with Crippen LogP contribution in [0.3, 0.4) is 0 Å². The number of amides is 1. The number of nitrogens with zero attached hydrogens (tertiary/aromatic N) is 2. The average molecular weight is 453 g/mol. The van der Waals surface area contributed by atoms with Crippen LogP contribution in [0.25, 0.3) is 22.7 Å². The first-order chi connectivity index (χ1) is 16.7. The highest BCUT2D eigenvalue weighted by Gasteiger charge is 2.37. The highest BCUT2D eigenvalue weighted by Crippen LogP contribution is 2.44. The number of benzene rings is 2. The number of methoxy groups -OCH3 is 1. The van der Waals surface area contributed by atoms with Gasteiger partial charge in [-0.25, -0.2) is 9.59 Å². The highest BCUT2D eigenvalue weighted by atomic mass is 16.5. The lowest BCUT2D eigenvalue weighted by Crippen LogP contribution is -2.34. The Bertz CT molecular complexity index is 1400. The third-order valence-electron chi connectivity index (χ3n) is 6.05. The predicted molar refractivity (Wildman–Crippen MR) is 130 cm³/mol. The average Bonchev–Trinajstić information content (AvgIpc) is 3.23. The maximum atomic E-state index is 13.3. The quantitative estimate of drug-likeness (QED) is 0.360. The summed E-state index contributed by atoms with van der Waals surface area (Å²) in [7, 11) is 1.37. The molecule has 0 radical (unpaired) electrons. The smallest absolute Gasteiger partial charge is 0.414 e. The summed E-state index contributed by atoms with van der Waals surface area (Å²) >= 11 is 0. The Morgan fingerprint density at radius 1 is 0.941 bits per heavy atom. The summed E-state index contributed by atoms with van der Waals surface area (Å²) in [4.78, 5) is 27.8. The van der Waals surface area contributed by atoms with Crippen molar-refractivity contribution in [3.63, 3.8) is 0 Å². The van der Waals surface area contributed by atoms with Crippen LogP contribution in [-0.2, 0) is 9.47 Å². The molecule has 3 heterocycles. The summed E-state index contributed by atoms with van der Waals surface area (Å²) in [6, 6.07) is 22.8. The van der Waals surface area contributed by atoms with E-state index in [9.17, 15) is 9.59 Å². The summed E-state index contributed by atoms with van der Waals surface area (Å²) in [6.07, 6.45) is 5.06. The van der Waals surface area contributed by atoms with E-state index in [4.69, 9.17) is 9.47 Å². The van der Waals surface area contributed by atoms with Crippen molar-refractivity contribution in [3.8, 4) is 11.1 Å². The Kier molecular flexibility index (Phi) is 5.64. The summed E-state index contributed by atoms with van der Waals surface area (Å²) < 4.78 is 12.6. The number of ether oxygens (including phenoxy) is 2. The Labute approximate surface area is 197 Å². The van der Waals surface area contributed by atoms with Gasteiger partial charge in [0.1, 0.15) is 6.04 Å². The lowest BCUT2D eigenvalue weighted by molar-refractivity contribution is 0.0529. The van der Waals surface area contributed by atoms with Crippen molar-refractivity contribution in [2.75, 3.05) is 13.7 Å². The molecule has 1 aliphatic rings. The van der Waals surface area contributed by atoms with Gasteiger partial charge in [-0.1, -0.05) is 60.7 Å². The van der Waals surface area contributed by atoms with E-state index < -0.39 is 18.1 Å². The molecule has 0 bridgehead atoms. The molecule has 0 saturated heterocycles. The number of hydrogen-bond donors (Lipinski definition) is 0. The maximum absolute atomic E-state index is 13.3. The number of esters is 1. The molecule has 6 nitrogen and oxygen atoms in total. The van der Waals surface area contributed by atoms with E-state index in [1.54, 1.807) is 18.0 Å². The largest absolute Gasteiger partial charge is 0.462 e. The van der Waals surface area contributed by atoms with Gasteiger partial charge in [0.2, 0.25) is 0 Å². The van der Waals surface area contributed by atoms with E-state index >= 15 is 0 Å². The second-order valence-corrected chi connectivity index (χ2v) is 7.90. The van der Waals surface area contributed by atoms with Gasteiger partial charge in [-0.05, 0) is 41.8 Å². The van der Waals surface area contributed by atoms with Gasteiger partial charge < -0.3 is 13.9 Å². The van der Waals surface area contributed by atoms with E-state index in [1.807, 2.05) is 89.5 Å². The van der Waals surface area contributed by atoms with E-state index in [0.717, 1.165) is 27.9 Å². The number of hydrogen-bond acceptors (Lipinski definition) is 4. The number of carbonyl (C=O) groups excluding carboxylic acids is 2. The fourth-order valence-corrected chi connectivity index (χ4v) is 4.67. The molecule has 2 aromatic carbocycles. The minimum atomic E-state index is -0.526. The van der Waals surface area contributed by atoms with Crippen LogP contribution in [0, 0.1) is 0 Å². The minimum absolute atomic E-state index is 0.260. The van der Waals surface area contributed by atoms with Crippen LogP contribution >= 0.6 is 0 Å². The number of rotatable bonds is 4. The molecular formula is C28H24N2O4. The van der Waals surface area contributed by atoms with Crippen LogP contribution in [0.2, 0.25) is 0 Å². The van der Waals surface area contributed by atoms with E-state index in [-0.39, 0.29) is 6.61 Å². The molecule has 0 aliphatic carbocycles. The molecule has 1 amide bonds. The molecule has 0 saturated carbocycles. The Balaban J connectivity index is 1.90. The van der Waals surface area contributed by atoms with Gasteiger partial charge in [-0.15, -0.1) is 0 Å². The van der Waals surface area contributed by atoms with Crippen molar-refractivity contribution in [2.24, 2.45) is 0 Å². The predicted octanol–water partition coefficient (Wildman–Crippen LogP) is 5.93. The van der Waals surface area contributed by atoms with Gasteiger partial charge in [0.15, 0.2) is 0 Å². The summed E-state index contributed by atoms with van der Waals surface area (Å²) in [5.41, 5.74) is 5.50. The SMILES string of the molecule is CCOC(=O)c1c(-c2ccccc2)c([C@H]2c3ccccc3C=CN2C(=O)OC)n2ccccc12. The van der Waals surface area contributed by atoms with Crippen LogP contribution in [0.1, 0.15) is 40.1 Å². The van der Waals surface area contributed by atoms with Crippen molar-refractivity contribution in [2.45, 2.75) is 13.0 Å². The van der Waals surface area contributed by atoms with E-state index in [1.165, 1.54) is 7.11 Å². The third kappa shape index (κ3) is 3.44. The van der Waals surface area contributed by atoms with Crippen molar-refractivity contribution < 1.29 is 19.1 Å². The van der Waals surface area contributed by atoms with Gasteiger partial charge >= 0.3 is 12.1 Å². The van der Waals surface area contributed by atoms with Crippen LogP contribution in [0.15, 0.2) is 85.2 Å². The Morgan fingerprint density at radius 3 is 2.44 bits per heavy atom. The molecule has 5 rings (SSSR count). The fourth-order valence-electron chi connectivity index (χ4n) is 4.67. The molecule has 34 heavy (non-hydrogen) atoms. The van der Waals surface area contributed by atoms with Gasteiger partial charge in [-0.3, -0.25) is 4.90 Å². The summed E-state index contributed by atoms with van der Waals surface area (Å²) in [5.74, 6) is -0.402. The monoisotopic (exact) mass is 452 g/mol. The minimum Gasteiger partial charge on any atom is -0.462 e. The Hall–Kier alpha value is -4.32. The first kappa shape index (κ1) is 21.5. The Morgan fingerprint density at radius 2 is 1.68 bits per heavy atom. The van der Waals surface area contributed by atoms with Crippen LogP contribution in [0.4, 0.5) is 4.79 Å². The second-order valence-electron chi connectivity index (χ2n) is 7.90. The zero-order valence-electron chi connectivity index (χ0n) is 19.0. The molecule has 0 spiro atoms.